The Morgan fingerprint density at radius 1 is 1.63 bits per heavy atom. The van der Waals surface area contributed by atoms with Gasteiger partial charge in [-0.3, -0.25) is 4.79 Å². The largest absolute Gasteiger partial charge is 0.481 e. The topological polar surface area (TPSA) is 69.6 Å². The molecule has 0 spiro atoms. The Kier molecular flexibility index (Phi) is 3.70. The summed E-state index contributed by atoms with van der Waals surface area (Å²) in [6, 6.07) is -0.281. The van der Waals surface area contributed by atoms with Crippen molar-refractivity contribution >= 4 is 12.0 Å². The number of nitrogens with zero attached hydrogens (tertiary/aromatic N) is 1. The van der Waals surface area contributed by atoms with Gasteiger partial charge in [0, 0.05) is 25.6 Å². The minimum absolute atomic E-state index is 0.0845. The van der Waals surface area contributed by atoms with E-state index in [0.717, 1.165) is 12.8 Å². The van der Waals surface area contributed by atoms with E-state index in [1.165, 1.54) is 0 Å². The first-order chi connectivity index (χ1) is 8.99. The molecule has 104 valence electrons. The van der Waals surface area contributed by atoms with Crippen LogP contribution in [0.25, 0.3) is 0 Å². The molecule has 0 aromatic heterocycles. The summed E-state index contributed by atoms with van der Waals surface area (Å²) >= 11 is 0. The fourth-order valence-corrected chi connectivity index (χ4v) is 3.32. The lowest BCUT2D eigenvalue weighted by atomic mass is 9.81. The third-order valence-corrected chi connectivity index (χ3v) is 4.38. The minimum atomic E-state index is -0.762. The van der Waals surface area contributed by atoms with Crippen LogP contribution < -0.4 is 5.32 Å². The fraction of sp³-hybridized carbons (Fsp3) is 0.714. The molecule has 1 aliphatic heterocycles. The monoisotopic (exact) mass is 264 g/mol. The molecule has 3 atom stereocenters. The fourth-order valence-electron chi connectivity index (χ4n) is 3.32. The van der Waals surface area contributed by atoms with Crippen LogP contribution in [-0.2, 0) is 4.79 Å². The maximum Gasteiger partial charge on any atom is 0.317 e. The zero-order chi connectivity index (χ0) is 14.0. The smallest absolute Gasteiger partial charge is 0.317 e. The molecule has 1 saturated carbocycles. The van der Waals surface area contributed by atoms with Crippen LogP contribution in [0.5, 0.6) is 0 Å². The third-order valence-electron chi connectivity index (χ3n) is 4.38. The van der Waals surface area contributed by atoms with Gasteiger partial charge in [0.1, 0.15) is 0 Å². The molecule has 2 fully saturated rings. The Balaban J connectivity index is 2.00. The summed E-state index contributed by atoms with van der Waals surface area (Å²) in [5, 5.41) is 12.3. The molecule has 0 radical (unpaired) electrons. The summed E-state index contributed by atoms with van der Waals surface area (Å²) in [5.41, 5.74) is -0.716. The molecular formula is C14H20N2O3. The number of carbonyl (C=O) groups is 2. The number of amides is 2. The van der Waals surface area contributed by atoms with Gasteiger partial charge >= 0.3 is 12.0 Å². The number of fused-ring (bicyclic) bond motifs is 1. The normalized spacial score (nSPS) is 30.5. The average molecular weight is 264 g/mol. The van der Waals surface area contributed by atoms with Crippen LogP contribution in [0, 0.1) is 23.7 Å². The Hall–Kier alpha value is -1.70. The van der Waals surface area contributed by atoms with E-state index < -0.39 is 11.4 Å². The maximum absolute atomic E-state index is 12.1. The van der Waals surface area contributed by atoms with Crippen LogP contribution in [0.4, 0.5) is 4.79 Å². The molecule has 0 aromatic rings. The van der Waals surface area contributed by atoms with Gasteiger partial charge in [-0.15, -0.1) is 12.3 Å². The molecule has 2 aliphatic rings. The number of terminal acetylenes is 1. The summed E-state index contributed by atoms with van der Waals surface area (Å²) in [6.07, 6.45) is 8.20. The van der Waals surface area contributed by atoms with Crippen molar-refractivity contribution in [1.29, 1.82) is 0 Å². The summed E-state index contributed by atoms with van der Waals surface area (Å²) in [5.74, 6) is 1.84. The van der Waals surface area contributed by atoms with Crippen molar-refractivity contribution in [3.8, 4) is 12.3 Å². The van der Waals surface area contributed by atoms with Gasteiger partial charge < -0.3 is 15.3 Å². The van der Waals surface area contributed by atoms with E-state index in [2.05, 4.69) is 11.2 Å². The molecule has 1 unspecified atom stereocenters. The Bertz CT molecular complexity index is 429. The minimum Gasteiger partial charge on any atom is -0.481 e. The zero-order valence-corrected chi connectivity index (χ0v) is 11.2. The summed E-state index contributed by atoms with van der Waals surface area (Å²) < 4.78 is 0. The van der Waals surface area contributed by atoms with Crippen molar-refractivity contribution in [2.75, 3.05) is 13.1 Å². The predicted octanol–water partition coefficient (Wildman–Crippen LogP) is 1.29. The molecular weight excluding hydrogens is 244 g/mol. The van der Waals surface area contributed by atoms with Gasteiger partial charge in [0.2, 0.25) is 0 Å². The highest BCUT2D eigenvalue weighted by Crippen LogP contribution is 2.48. The third kappa shape index (κ3) is 2.40. The van der Waals surface area contributed by atoms with Crippen molar-refractivity contribution in [2.45, 2.75) is 38.6 Å². The second kappa shape index (κ2) is 5.12. The van der Waals surface area contributed by atoms with E-state index in [1.54, 1.807) is 4.90 Å². The molecule has 1 heterocycles. The van der Waals surface area contributed by atoms with Crippen LogP contribution in [-0.4, -0.2) is 41.1 Å². The number of carboxylic acid groups (broad SMARTS) is 1. The SMILES string of the molecule is C#CCC(C)NC(=O)N1C[C@@H]2CCC[C@@]2(C(=O)O)C1. The molecule has 1 aliphatic carbocycles. The second-order valence-electron chi connectivity index (χ2n) is 5.69. The van der Waals surface area contributed by atoms with Gasteiger partial charge in [0.25, 0.3) is 0 Å². The van der Waals surface area contributed by atoms with Crippen LogP contribution >= 0.6 is 0 Å². The molecule has 19 heavy (non-hydrogen) atoms. The lowest BCUT2D eigenvalue weighted by Crippen LogP contribution is -2.44. The van der Waals surface area contributed by atoms with Crippen LogP contribution in [0.1, 0.15) is 32.6 Å². The van der Waals surface area contributed by atoms with E-state index in [0.29, 0.717) is 25.9 Å². The first kappa shape index (κ1) is 13.7. The number of carboxylic acids is 1. The number of hydrogen-bond donors (Lipinski definition) is 2. The van der Waals surface area contributed by atoms with Gasteiger partial charge in [-0.2, -0.15) is 0 Å². The van der Waals surface area contributed by atoms with E-state index in [-0.39, 0.29) is 18.0 Å². The Labute approximate surface area is 113 Å². The van der Waals surface area contributed by atoms with Crippen LogP contribution in [0.2, 0.25) is 0 Å². The number of aliphatic carboxylic acids is 1. The second-order valence-corrected chi connectivity index (χ2v) is 5.69. The van der Waals surface area contributed by atoms with Gasteiger partial charge in [-0.25, -0.2) is 4.79 Å². The quantitative estimate of drug-likeness (QED) is 0.755. The van der Waals surface area contributed by atoms with Gasteiger partial charge in [0.15, 0.2) is 0 Å². The Morgan fingerprint density at radius 2 is 2.37 bits per heavy atom. The highest BCUT2D eigenvalue weighted by molar-refractivity contribution is 5.80. The lowest BCUT2D eigenvalue weighted by Gasteiger charge is -2.24. The highest BCUT2D eigenvalue weighted by atomic mass is 16.4. The number of rotatable bonds is 3. The standard InChI is InChI=1S/C14H20N2O3/c1-3-5-10(2)15-13(19)16-8-11-6-4-7-14(11,9-16)12(17)18/h1,10-11H,4-9H2,2H3,(H,15,19)(H,17,18)/t10?,11-,14+/m0/s1. The van der Waals surface area contributed by atoms with Crippen molar-refractivity contribution in [1.82, 2.24) is 10.2 Å². The molecule has 5 nitrogen and oxygen atoms in total. The molecule has 1 saturated heterocycles. The van der Waals surface area contributed by atoms with Crippen molar-refractivity contribution in [3.05, 3.63) is 0 Å². The predicted molar refractivity (Wildman–Crippen MR) is 70.4 cm³/mol. The van der Waals surface area contributed by atoms with E-state index >= 15 is 0 Å². The number of carbonyl (C=O) groups excluding carboxylic acids is 1. The van der Waals surface area contributed by atoms with Gasteiger partial charge in [-0.1, -0.05) is 6.42 Å². The summed E-state index contributed by atoms with van der Waals surface area (Å²) in [4.78, 5) is 25.2. The first-order valence-electron chi connectivity index (χ1n) is 6.72. The molecule has 5 heteroatoms. The van der Waals surface area contributed by atoms with Crippen LogP contribution in [0.3, 0.4) is 0 Å². The molecule has 2 N–H and O–H groups in total. The highest BCUT2D eigenvalue weighted by Gasteiger charge is 2.55. The number of urea groups is 1. The summed E-state index contributed by atoms with van der Waals surface area (Å²) in [7, 11) is 0. The van der Waals surface area contributed by atoms with Gasteiger partial charge in [-0.05, 0) is 25.7 Å². The number of hydrogen-bond acceptors (Lipinski definition) is 2. The number of nitrogens with one attached hydrogen (secondary N) is 1. The number of likely N-dealkylation sites (tertiary alicyclic amines) is 1. The van der Waals surface area contributed by atoms with Gasteiger partial charge in [0.05, 0.1) is 5.41 Å². The first-order valence-corrected chi connectivity index (χ1v) is 6.72. The van der Waals surface area contributed by atoms with Crippen molar-refractivity contribution < 1.29 is 14.7 Å². The average Bonchev–Trinajstić information content (AvgIpc) is 2.85. The van der Waals surface area contributed by atoms with Crippen molar-refractivity contribution in [2.24, 2.45) is 11.3 Å². The van der Waals surface area contributed by atoms with E-state index in [1.807, 2.05) is 6.92 Å². The molecule has 0 aromatic carbocycles. The molecule has 2 rings (SSSR count). The van der Waals surface area contributed by atoms with E-state index in [4.69, 9.17) is 6.42 Å². The molecule has 2 amide bonds. The lowest BCUT2D eigenvalue weighted by molar-refractivity contribution is -0.149. The maximum atomic E-state index is 12.1. The van der Waals surface area contributed by atoms with E-state index in [9.17, 15) is 14.7 Å². The van der Waals surface area contributed by atoms with Crippen LogP contribution in [0.15, 0.2) is 0 Å². The van der Waals surface area contributed by atoms with Crippen molar-refractivity contribution in [3.63, 3.8) is 0 Å². The summed E-state index contributed by atoms with van der Waals surface area (Å²) in [6.45, 7) is 2.71. The molecule has 0 bridgehead atoms. The zero-order valence-electron chi connectivity index (χ0n) is 11.2. The Morgan fingerprint density at radius 3 is 2.95 bits per heavy atom.